The molecule has 0 saturated carbocycles. The molecule has 0 fully saturated rings. The molecule has 3 N–H and O–H groups in total. The van der Waals surface area contributed by atoms with E-state index in [0.717, 1.165) is 5.56 Å². The Labute approximate surface area is 256 Å². The van der Waals surface area contributed by atoms with Crippen molar-refractivity contribution in [2.45, 2.75) is 6.92 Å². The van der Waals surface area contributed by atoms with Gasteiger partial charge in [0.05, 0.1) is 16.7 Å². The minimum Gasteiger partial charge on any atom is -0.508 e. The number of aromatic hydroxyl groups is 3. The third-order valence-electron chi connectivity index (χ3n) is 6.99. The van der Waals surface area contributed by atoms with Crippen molar-refractivity contribution >= 4 is 39.5 Å². The molecule has 6 rings (SSSR count). The molecular weight excluding hydrogens is 576 g/mol. The number of hydrogen-bond donors (Lipinski definition) is 3. The lowest BCUT2D eigenvalue weighted by atomic mass is 10.00. The highest BCUT2D eigenvalue weighted by molar-refractivity contribution is 6.06. The van der Waals surface area contributed by atoms with Gasteiger partial charge in [0, 0.05) is 16.8 Å². The Morgan fingerprint density at radius 2 is 0.867 bits per heavy atom. The summed E-state index contributed by atoms with van der Waals surface area (Å²) in [5.41, 5.74) is 1.42. The normalized spacial score (nSPS) is 10.9. The number of benzene rings is 6. The Bertz CT molecular complexity index is 2100. The van der Waals surface area contributed by atoms with Crippen molar-refractivity contribution in [2.24, 2.45) is 0 Å². The van der Waals surface area contributed by atoms with Crippen LogP contribution in [-0.2, 0) is 0 Å². The molecule has 0 heterocycles. The van der Waals surface area contributed by atoms with Gasteiger partial charge < -0.3 is 29.5 Å². The minimum absolute atomic E-state index is 0.00373. The molecule has 0 bridgehead atoms. The third kappa shape index (κ3) is 6.23. The molecule has 9 heteroatoms. The molecule has 45 heavy (non-hydrogen) atoms. The van der Waals surface area contributed by atoms with Crippen LogP contribution >= 0.6 is 0 Å². The van der Waals surface area contributed by atoms with Gasteiger partial charge in [-0.05, 0) is 120 Å². The molecule has 9 nitrogen and oxygen atoms in total. The van der Waals surface area contributed by atoms with Crippen LogP contribution < -0.4 is 14.2 Å². The summed E-state index contributed by atoms with van der Waals surface area (Å²) in [7, 11) is 0. The molecule has 6 aromatic rings. The smallest absolute Gasteiger partial charge is 0.343 e. The van der Waals surface area contributed by atoms with Crippen molar-refractivity contribution in [2.75, 3.05) is 0 Å². The van der Waals surface area contributed by atoms with Crippen LogP contribution in [0, 0.1) is 6.92 Å². The van der Waals surface area contributed by atoms with Crippen molar-refractivity contribution in [3.8, 4) is 34.5 Å². The Balaban J connectivity index is 1.45. The van der Waals surface area contributed by atoms with E-state index in [1.54, 1.807) is 24.3 Å². The number of fused-ring (bicyclic) bond motifs is 2. The zero-order valence-electron chi connectivity index (χ0n) is 23.7. The number of rotatable bonds is 6. The molecule has 6 aromatic carbocycles. The fourth-order valence-electron chi connectivity index (χ4n) is 4.78. The van der Waals surface area contributed by atoms with Crippen LogP contribution in [0.1, 0.15) is 36.6 Å². The second-order valence-electron chi connectivity index (χ2n) is 10.3. The lowest BCUT2D eigenvalue weighted by molar-refractivity contribution is 0.0722. The van der Waals surface area contributed by atoms with E-state index in [1.807, 2.05) is 13.0 Å². The third-order valence-corrected chi connectivity index (χ3v) is 6.99. The van der Waals surface area contributed by atoms with Crippen molar-refractivity contribution in [1.29, 1.82) is 0 Å². The number of ether oxygens (including phenoxy) is 3. The first-order valence-corrected chi connectivity index (χ1v) is 13.7. The molecule has 0 atom stereocenters. The van der Waals surface area contributed by atoms with E-state index in [4.69, 9.17) is 14.2 Å². The first kappa shape index (κ1) is 28.8. The summed E-state index contributed by atoms with van der Waals surface area (Å²) >= 11 is 0. The number of phenols is 3. The number of phenolic OH excluding ortho intramolecular Hbond substituents is 3. The van der Waals surface area contributed by atoms with Crippen LogP contribution in [0.3, 0.4) is 0 Å². The van der Waals surface area contributed by atoms with Crippen LogP contribution in [0.2, 0.25) is 0 Å². The average molecular weight is 601 g/mol. The molecule has 0 amide bonds. The highest BCUT2D eigenvalue weighted by Gasteiger charge is 2.19. The van der Waals surface area contributed by atoms with Crippen molar-refractivity contribution in [3.05, 3.63) is 131 Å². The summed E-state index contributed by atoms with van der Waals surface area (Å²) in [5.74, 6) is -1.61. The van der Waals surface area contributed by atoms with E-state index in [9.17, 15) is 29.7 Å². The zero-order chi connectivity index (χ0) is 31.7. The van der Waals surface area contributed by atoms with Gasteiger partial charge in [-0.15, -0.1) is 0 Å². The molecule has 0 aliphatic carbocycles. The lowest BCUT2D eigenvalue weighted by Gasteiger charge is -2.14. The largest absolute Gasteiger partial charge is 0.508 e. The first-order valence-electron chi connectivity index (χ1n) is 13.7. The molecular formula is C36H24O9. The van der Waals surface area contributed by atoms with Crippen molar-refractivity contribution in [1.82, 2.24) is 0 Å². The molecule has 0 saturated heterocycles. The number of carbonyl (C=O) groups is 3. The van der Waals surface area contributed by atoms with Gasteiger partial charge in [-0.1, -0.05) is 6.07 Å². The van der Waals surface area contributed by atoms with Gasteiger partial charge in [0.1, 0.15) is 34.5 Å². The average Bonchev–Trinajstić information content (AvgIpc) is 3.01. The van der Waals surface area contributed by atoms with Crippen molar-refractivity contribution in [3.63, 3.8) is 0 Å². The van der Waals surface area contributed by atoms with E-state index in [0.29, 0.717) is 21.5 Å². The summed E-state index contributed by atoms with van der Waals surface area (Å²) in [6.45, 7) is 1.85. The Morgan fingerprint density at radius 1 is 0.467 bits per heavy atom. The molecule has 0 unspecified atom stereocenters. The van der Waals surface area contributed by atoms with E-state index in [-0.39, 0.29) is 51.2 Å². The molecule has 0 aromatic heterocycles. The summed E-state index contributed by atoms with van der Waals surface area (Å²) in [6, 6.07) is 26.9. The molecule has 0 aliphatic heterocycles. The summed E-state index contributed by atoms with van der Waals surface area (Å²) in [4.78, 5) is 39.0. The maximum Gasteiger partial charge on any atom is 0.343 e. The van der Waals surface area contributed by atoms with Gasteiger partial charge >= 0.3 is 17.9 Å². The predicted molar refractivity (Wildman–Crippen MR) is 165 cm³/mol. The topological polar surface area (TPSA) is 140 Å². The van der Waals surface area contributed by atoms with Crippen LogP contribution in [0.25, 0.3) is 21.5 Å². The fourth-order valence-corrected chi connectivity index (χ4v) is 4.78. The second kappa shape index (κ2) is 11.7. The van der Waals surface area contributed by atoms with Gasteiger partial charge in [0.15, 0.2) is 0 Å². The predicted octanol–water partition coefficient (Wildman–Crippen LogP) is 7.08. The molecule has 0 aliphatic rings. The van der Waals surface area contributed by atoms with Crippen LogP contribution in [0.5, 0.6) is 34.5 Å². The second-order valence-corrected chi connectivity index (χ2v) is 10.3. The van der Waals surface area contributed by atoms with Crippen molar-refractivity contribution < 1.29 is 43.9 Å². The van der Waals surface area contributed by atoms with Gasteiger partial charge in [-0.25, -0.2) is 14.4 Å². The SMILES string of the molecule is Cc1cc(OC(=O)c2ccc(O)cc2)c2cc3c(OC(=O)c4ccc(O)cc4)cc(OC(=O)c4ccc(O)cc4)cc3cc2c1. The maximum absolute atomic E-state index is 13.1. The minimum atomic E-state index is -0.721. The Hall–Kier alpha value is -6.35. The van der Waals surface area contributed by atoms with Crippen LogP contribution in [0.4, 0.5) is 0 Å². The molecule has 0 spiro atoms. The maximum atomic E-state index is 13.1. The van der Waals surface area contributed by atoms with Crippen LogP contribution in [0.15, 0.2) is 109 Å². The summed E-state index contributed by atoms with van der Waals surface area (Å²) in [6.07, 6.45) is 0. The number of carbonyl (C=O) groups excluding carboxylic acids is 3. The van der Waals surface area contributed by atoms with Gasteiger partial charge in [-0.3, -0.25) is 0 Å². The summed E-state index contributed by atoms with van der Waals surface area (Å²) < 4.78 is 17.2. The van der Waals surface area contributed by atoms with E-state index >= 15 is 0 Å². The highest BCUT2D eigenvalue weighted by Crippen LogP contribution is 2.38. The van der Waals surface area contributed by atoms with Gasteiger partial charge in [-0.2, -0.15) is 0 Å². The van der Waals surface area contributed by atoms with Gasteiger partial charge in [0.25, 0.3) is 0 Å². The van der Waals surface area contributed by atoms with E-state index < -0.39 is 17.9 Å². The van der Waals surface area contributed by atoms with E-state index in [1.165, 1.54) is 78.9 Å². The van der Waals surface area contributed by atoms with Crippen LogP contribution in [-0.4, -0.2) is 33.2 Å². The molecule has 0 radical (unpaired) electrons. The fraction of sp³-hybridized carbons (Fsp3) is 0.0278. The summed E-state index contributed by atoms with van der Waals surface area (Å²) in [5, 5.41) is 31.1. The monoisotopic (exact) mass is 600 g/mol. The Kier molecular flexibility index (Phi) is 7.50. The standard InChI is InChI=1S/C36H24O9/c1-20-14-24-16-25-17-29(43-34(40)21-2-8-26(37)9-3-21)18-33(45-36(42)23-6-12-28(39)13-7-23)31(25)19-30(24)32(15-20)44-35(41)22-4-10-27(38)11-5-22/h2-19,37-39H,1H3. The molecule has 222 valence electrons. The lowest BCUT2D eigenvalue weighted by Crippen LogP contribution is -2.11. The van der Waals surface area contributed by atoms with E-state index in [2.05, 4.69) is 0 Å². The first-order chi connectivity index (χ1) is 21.6. The number of aryl methyl sites for hydroxylation is 1. The van der Waals surface area contributed by atoms with Gasteiger partial charge in [0.2, 0.25) is 0 Å². The zero-order valence-corrected chi connectivity index (χ0v) is 23.7. The quantitative estimate of drug-likeness (QED) is 0.104. The number of esters is 3. The number of hydrogen-bond acceptors (Lipinski definition) is 9. The Morgan fingerprint density at radius 3 is 1.33 bits per heavy atom. The highest BCUT2D eigenvalue weighted by atomic mass is 16.5.